The molecule has 0 aliphatic carbocycles. The number of hydrogen-bond donors (Lipinski definition) is 0. The minimum absolute atomic E-state index is 0.0788. The first kappa shape index (κ1) is 29.2. The molecule has 1 aromatic heterocycles. The molecule has 1 saturated heterocycles. The summed E-state index contributed by atoms with van der Waals surface area (Å²) in [5.41, 5.74) is 2.55. The van der Waals surface area contributed by atoms with Gasteiger partial charge < -0.3 is 9.64 Å². The molecule has 2 aliphatic heterocycles. The van der Waals surface area contributed by atoms with E-state index in [-0.39, 0.29) is 17.9 Å². The maximum Gasteiger partial charge on any atom is 0.338 e. The standard InChI is InChI=1S/C33H29FN4O5S/c1-2-43-32(40)28-29(21-9-5-3-6-10-21)35-33-37(30(28)22-11-13-24(34)14-12-22)31(39)27(44-33)20-23-19-25(38(41)42)15-16-26(23)36-17-7-4-8-18-36/h3,5-6,9-16,19-20,30H,2,4,7-8,17-18H2,1H3/b27-20-. The minimum atomic E-state index is -0.949. The third-order valence-corrected chi connectivity index (χ3v) is 8.75. The number of nitrogens with zero attached hydrogens (tertiary/aromatic N) is 4. The molecular weight excluding hydrogens is 583 g/mol. The number of carbonyl (C=O) groups excluding carboxylic acids is 1. The SMILES string of the molecule is CCOC(=O)C1=C(c2ccccc2)N=c2s/c(=C\c3cc([N+](=O)[O-])ccc3N3CCCCC3)c(=O)n2C1c1ccc(F)cc1. The number of fused-ring (bicyclic) bond motifs is 1. The van der Waals surface area contributed by atoms with Crippen molar-refractivity contribution in [3.8, 4) is 0 Å². The van der Waals surface area contributed by atoms with Crippen LogP contribution in [0.25, 0.3) is 11.8 Å². The number of halogens is 1. The Morgan fingerprint density at radius 3 is 2.50 bits per heavy atom. The first-order chi connectivity index (χ1) is 21.4. The van der Waals surface area contributed by atoms with Gasteiger partial charge in [0.1, 0.15) is 5.82 Å². The van der Waals surface area contributed by atoms with Crippen LogP contribution in [0, 0.1) is 15.9 Å². The van der Waals surface area contributed by atoms with Crippen molar-refractivity contribution in [2.75, 3.05) is 24.6 Å². The van der Waals surface area contributed by atoms with Gasteiger partial charge in [0.05, 0.1) is 33.4 Å². The van der Waals surface area contributed by atoms with Crippen LogP contribution in [0.3, 0.4) is 0 Å². The molecule has 1 atom stereocenters. The van der Waals surface area contributed by atoms with Crippen molar-refractivity contribution >= 4 is 40.5 Å². The maximum atomic E-state index is 14.2. The van der Waals surface area contributed by atoms with Crippen molar-refractivity contribution in [2.24, 2.45) is 4.99 Å². The first-order valence-corrected chi connectivity index (χ1v) is 15.2. The van der Waals surface area contributed by atoms with Crippen LogP contribution in [0.15, 0.2) is 88.2 Å². The highest BCUT2D eigenvalue weighted by molar-refractivity contribution is 7.07. The molecule has 0 spiro atoms. The van der Waals surface area contributed by atoms with E-state index in [0.717, 1.165) is 49.4 Å². The normalized spacial score (nSPS) is 16.8. The summed E-state index contributed by atoms with van der Waals surface area (Å²) in [5, 5.41) is 11.7. The zero-order chi connectivity index (χ0) is 30.8. The van der Waals surface area contributed by atoms with Crippen LogP contribution in [0.2, 0.25) is 0 Å². The van der Waals surface area contributed by atoms with Crippen molar-refractivity contribution in [1.82, 2.24) is 4.57 Å². The van der Waals surface area contributed by atoms with Gasteiger partial charge in [0.15, 0.2) is 4.80 Å². The number of anilines is 1. The Morgan fingerprint density at radius 2 is 1.82 bits per heavy atom. The van der Waals surface area contributed by atoms with Gasteiger partial charge in [-0.25, -0.2) is 14.2 Å². The molecule has 0 bridgehead atoms. The first-order valence-electron chi connectivity index (χ1n) is 14.4. The number of non-ortho nitro benzene ring substituents is 1. The summed E-state index contributed by atoms with van der Waals surface area (Å²) in [7, 11) is 0. The van der Waals surface area contributed by atoms with Crippen LogP contribution in [0.5, 0.6) is 0 Å². The van der Waals surface area contributed by atoms with Gasteiger partial charge in [0.25, 0.3) is 11.2 Å². The van der Waals surface area contributed by atoms with E-state index in [2.05, 4.69) is 4.90 Å². The van der Waals surface area contributed by atoms with Crippen LogP contribution < -0.4 is 19.8 Å². The molecule has 4 aromatic rings. The summed E-state index contributed by atoms with van der Waals surface area (Å²) >= 11 is 1.13. The van der Waals surface area contributed by atoms with Crippen LogP contribution in [-0.4, -0.2) is 35.2 Å². The molecular formula is C33H29FN4O5S. The molecule has 9 nitrogen and oxygen atoms in total. The highest BCUT2D eigenvalue weighted by Gasteiger charge is 2.35. The number of rotatable bonds is 7. The molecule has 6 rings (SSSR count). The number of esters is 1. The quantitative estimate of drug-likeness (QED) is 0.166. The molecule has 1 unspecified atom stereocenters. The van der Waals surface area contributed by atoms with Crippen LogP contribution in [-0.2, 0) is 9.53 Å². The van der Waals surface area contributed by atoms with Gasteiger partial charge in [-0.1, -0.05) is 53.8 Å². The summed E-state index contributed by atoms with van der Waals surface area (Å²) in [4.78, 5) is 46.4. The molecule has 224 valence electrons. The summed E-state index contributed by atoms with van der Waals surface area (Å²) in [6.45, 7) is 3.43. The Hall–Kier alpha value is -4.90. The lowest BCUT2D eigenvalue weighted by Crippen LogP contribution is -2.40. The molecule has 0 radical (unpaired) electrons. The van der Waals surface area contributed by atoms with Crippen molar-refractivity contribution in [3.05, 3.63) is 131 Å². The minimum Gasteiger partial charge on any atom is -0.463 e. The fraction of sp³-hybridized carbons (Fsp3) is 0.242. The molecule has 0 saturated carbocycles. The molecule has 0 amide bonds. The number of benzene rings is 3. The monoisotopic (exact) mass is 612 g/mol. The number of nitro benzene ring substituents is 1. The van der Waals surface area contributed by atoms with Crippen LogP contribution in [0.1, 0.15) is 48.9 Å². The van der Waals surface area contributed by atoms with E-state index in [4.69, 9.17) is 9.73 Å². The van der Waals surface area contributed by atoms with Crippen molar-refractivity contribution in [3.63, 3.8) is 0 Å². The highest BCUT2D eigenvalue weighted by Crippen LogP contribution is 2.35. The van der Waals surface area contributed by atoms with E-state index in [1.54, 1.807) is 31.2 Å². The summed E-state index contributed by atoms with van der Waals surface area (Å²) in [6.07, 6.45) is 4.80. The second-order valence-corrected chi connectivity index (χ2v) is 11.5. The lowest BCUT2D eigenvalue weighted by Gasteiger charge is -2.30. The number of thiazole rings is 1. The smallest absolute Gasteiger partial charge is 0.338 e. The number of carbonyl (C=O) groups is 1. The predicted octanol–water partition coefficient (Wildman–Crippen LogP) is 4.97. The van der Waals surface area contributed by atoms with Crippen LogP contribution >= 0.6 is 11.3 Å². The highest BCUT2D eigenvalue weighted by atomic mass is 32.1. The van der Waals surface area contributed by atoms with E-state index >= 15 is 0 Å². The zero-order valence-electron chi connectivity index (χ0n) is 23.9. The second kappa shape index (κ2) is 12.4. The number of ether oxygens (including phenoxy) is 1. The number of hydrogen-bond acceptors (Lipinski definition) is 8. The van der Waals surface area contributed by atoms with E-state index in [9.17, 15) is 24.1 Å². The molecule has 44 heavy (non-hydrogen) atoms. The predicted molar refractivity (Wildman–Crippen MR) is 167 cm³/mol. The zero-order valence-corrected chi connectivity index (χ0v) is 24.8. The third-order valence-electron chi connectivity index (χ3n) is 7.76. The Kier molecular flexibility index (Phi) is 8.21. The van der Waals surface area contributed by atoms with E-state index < -0.39 is 28.3 Å². The van der Waals surface area contributed by atoms with Gasteiger partial charge in [-0.15, -0.1) is 0 Å². The van der Waals surface area contributed by atoms with Gasteiger partial charge in [0, 0.05) is 42.0 Å². The largest absolute Gasteiger partial charge is 0.463 e. The fourth-order valence-corrected chi connectivity index (χ4v) is 6.73. The average Bonchev–Trinajstić information content (AvgIpc) is 3.35. The average molecular weight is 613 g/mol. The van der Waals surface area contributed by atoms with E-state index in [1.807, 2.05) is 30.3 Å². The third kappa shape index (κ3) is 5.58. The molecule has 2 aliphatic rings. The molecule has 1 fully saturated rings. The Labute approximate surface area is 256 Å². The Bertz CT molecular complexity index is 1940. The molecule has 0 N–H and O–H groups in total. The molecule has 3 aromatic carbocycles. The van der Waals surface area contributed by atoms with Crippen molar-refractivity contribution < 1.29 is 18.8 Å². The van der Waals surface area contributed by atoms with Gasteiger partial charge in [-0.3, -0.25) is 19.5 Å². The van der Waals surface area contributed by atoms with Crippen molar-refractivity contribution in [2.45, 2.75) is 32.2 Å². The number of aromatic nitrogens is 1. The summed E-state index contributed by atoms with van der Waals surface area (Å²) < 4.78 is 21.2. The van der Waals surface area contributed by atoms with Gasteiger partial charge in [0.2, 0.25) is 0 Å². The second-order valence-electron chi connectivity index (χ2n) is 10.5. The summed E-state index contributed by atoms with van der Waals surface area (Å²) in [5.74, 6) is -1.09. The van der Waals surface area contributed by atoms with Crippen LogP contribution in [0.4, 0.5) is 15.8 Å². The molecule has 3 heterocycles. The van der Waals surface area contributed by atoms with E-state index in [1.165, 1.54) is 28.8 Å². The molecule has 11 heteroatoms. The lowest BCUT2D eigenvalue weighted by atomic mass is 9.93. The number of piperidine rings is 1. The topological polar surface area (TPSA) is 107 Å². The maximum absolute atomic E-state index is 14.2. The Balaban J connectivity index is 1.62. The number of nitro groups is 1. The fourth-order valence-electron chi connectivity index (χ4n) is 5.74. The Morgan fingerprint density at radius 1 is 1.09 bits per heavy atom. The van der Waals surface area contributed by atoms with E-state index in [0.29, 0.717) is 31.7 Å². The summed E-state index contributed by atoms with van der Waals surface area (Å²) in [6, 6.07) is 18.5. The van der Waals surface area contributed by atoms with Crippen molar-refractivity contribution in [1.29, 1.82) is 0 Å². The van der Waals surface area contributed by atoms with Gasteiger partial charge in [-0.2, -0.15) is 0 Å². The van der Waals surface area contributed by atoms with Gasteiger partial charge in [-0.05, 0) is 56.0 Å². The van der Waals surface area contributed by atoms with Gasteiger partial charge >= 0.3 is 5.97 Å². The lowest BCUT2D eigenvalue weighted by molar-refractivity contribution is -0.384.